The molecule has 10 atom stereocenters. The van der Waals surface area contributed by atoms with Crippen molar-refractivity contribution in [2.75, 3.05) is 21.3 Å². The van der Waals surface area contributed by atoms with Crippen LogP contribution in [-0.4, -0.2) is 97.9 Å². The van der Waals surface area contributed by atoms with Gasteiger partial charge in [-0.2, -0.15) is 0 Å². The minimum Gasteiger partial charge on any atom is -0.458 e. The van der Waals surface area contributed by atoms with Crippen molar-refractivity contribution in [1.29, 1.82) is 0 Å². The summed E-state index contributed by atoms with van der Waals surface area (Å²) in [5.41, 5.74) is 2.06. The van der Waals surface area contributed by atoms with Crippen molar-refractivity contribution < 1.29 is 48.5 Å². The Balaban J connectivity index is 2.39. The second-order valence-electron chi connectivity index (χ2n) is 11.6. The summed E-state index contributed by atoms with van der Waals surface area (Å²) in [5, 5.41) is 32.5. The van der Waals surface area contributed by atoms with Crippen molar-refractivity contribution in [3.8, 4) is 0 Å². The van der Waals surface area contributed by atoms with Gasteiger partial charge < -0.3 is 43.7 Å². The van der Waals surface area contributed by atoms with Gasteiger partial charge in [-0.15, -0.1) is 0 Å². The molecule has 2 aliphatic rings. The third kappa shape index (κ3) is 12.7. The first-order chi connectivity index (χ1) is 21.0. The summed E-state index contributed by atoms with van der Waals surface area (Å²) in [7, 11) is 4.30. The molecule has 0 aromatic rings. The van der Waals surface area contributed by atoms with Crippen LogP contribution in [0.4, 0.5) is 0 Å². The summed E-state index contributed by atoms with van der Waals surface area (Å²) in [5.74, 6) is -0.268. The van der Waals surface area contributed by atoms with E-state index in [0.717, 1.165) is 24.0 Å². The average molecular weight is 623 g/mol. The highest BCUT2D eigenvalue weighted by Crippen LogP contribution is 2.28. The predicted molar refractivity (Wildman–Crippen MR) is 168 cm³/mol. The molecule has 0 saturated carbocycles. The smallest absolute Gasteiger partial charge is 0.309 e. The summed E-state index contributed by atoms with van der Waals surface area (Å²) in [6.07, 6.45) is 9.43. The summed E-state index contributed by atoms with van der Waals surface area (Å²) in [6.45, 7) is 8.05. The van der Waals surface area contributed by atoms with Crippen LogP contribution in [0.5, 0.6) is 0 Å². The average Bonchev–Trinajstić information content (AvgIpc) is 2.97. The van der Waals surface area contributed by atoms with Crippen molar-refractivity contribution in [2.45, 2.75) is 122 Å². The van der Waals surface area contributed by atoms with E-state index < -0.39 is 55.2 Å². The molecule has 10 nitrogen and oxygen atoms in total. The van der Waals surface area contributed by atoms with Crippen molar-refractivity contribution in [3.05, 3.63) is 59.8 Å². The van der Waals surface area contributed by atoms with Crippen molar-refractivity contribution in [3.63, 3.8) is 0 Å². The normalized spacial score (nSPS) is 35.6. The molecule has 250 valence electrons. The number of hydrogen-bond acceptors (Lipinski definition) is 10. The second kappa shape index (κ2) is 20.1. The van der Waals surface area contributed by atoms with Crippen LogP contribution in [0, 0.1) is 5.92 Å². The van der Waals surface area contributed by atoms with E-state index in [0.29, 0.717) is 6.42 Å². The van der Waals surface area contributed by atoms with E-state index in [9.17, 15) is 20.1 Å². The zero-order valence-corrected chi connectivity index (χ0v) is 27.3. The van der Waals surface area contributed by atoms with Crippen LogP contribution in [0.15, 0.2) is 59.8 Å². The molecule has 10 unspecified atom stereocenters. The lowest BCUT2D eigenvalue weighted by Gasteiger charge is -2.42. The maximum absolute atomic E-state index is 13.3. The number of allylic oxidation sites excluding steroid dienone is 7. The highest BCUT2D eigenvalue weighted by molar-refractivity contribution is 5.70. The van der Waals surface area contributed by atoms with Gasteiger partial charge in [0.25, 0.3) is 0 Å². The quantitative estimate of drug-likeness (QED) is 0.266. The van der Waals surface area contributed by atoms with E-state index in [1.54, 1.807) is 7.11 Å². The highest BCUT2D eigenvalue weighted by Gasteiger charge is 2.47. The van der Waals surface area contributed by atoms with Gasteiger partial charge in [0.05, 0.1) is 24.7 Å². The van der Waals surface area contributed by atoms with E-state index >= 15 is 0 Å². The van der Waals surface area contributed by atoms with Crippen molar-refractivity contribution in [1.82, 2.24) is 0 Å². The van der Waals surface area contributed by atoms with Crippen LogP contribution in [0.1, 0.15) is 66.2 Å². The van der Waals surface area contributed by atoms with Crippen LogP contribution in [-0.2, 0) is 33.2 Å². The number of carbonyl (C=O) groups is 1. The van der Waals surface area contributed by atoms with Gasteiger partial charge in [-0.3, -0.25) is 4.79 Å². The number of aliphatic hydroxyl groups is 3. The Bertz CT molecular complexity index is 1000. The molecule has 0 radical (unpaired) electrons. The standard InChI is InChI=1S/C34H54O10/c1-8-9-14-23(3)18-26-16-13-11-10-12-15-22(2)17-24(4)28(39-5)20-25(35)19-27(21-29(36)42-26)43-34-31(38)32(40-6)30(37)33(41-7)44-34/h8-13,17-18,22,25-28,30-35,37-38H,14-16,19-21H2,1-7H3. The molecule has 1 saturated heterocycles. The maximum atomic E-state index is 13.3. The molecule has 2 rings (SSSR count). The predicted octanol–water partition coefficient (Wildman–Crippen LogP) is 4.30. The first-order valence-electron chi connectivity index (χ1n) is 15.4. The van der Waals surface area contributed by atoms with E-state index in [4.69, 9.17) is 28.4 Å². The number of ether oxygens (including phenoxy) is 6. The molecule has 0 aromatic carbocycles. The fraction of sp³-hybridized carbons (Fsp3) is 0.676. The number of carbonyl (C=O) groups excluding carboxylic acids is 1. The number of esters is 1. The number of cyclic esters (lactones) is 1. The number of aliphatic hydroxyl groups excluding tert-OH is 3. The van der Waals surface area contributed by atoms with Crippen LogP contribution in [0.3, 0.4) is 0 Å². The van der Waals surface area contributed by atoms with Gasteiger partial charge in [-0.1, -0.05) is 55.0 Å². The Morgan fingerprint density at radius 3 is 2.32 bits per heavy atom. The topological polar surface area (TPSA) is 133 Å². The fourth-order valence-corrected chi connectivity index (χ4v) is 5.41. The summed E-state index contributed by atoms with van der Waals surface area (Å²) < 4.78 is 33.9. The lowest BCUT2D eigenvalue weighted by Crippen LogP contribution is -2.60. The van der Waals surface area contributed by atoms with E-state index in [1.165, 1.54) is 14.2 Å². The van der Waals surface area contributed by atoms with Gasteiger partial charge in [0.2, 0.25) is 0 Å². The lowest BCUT2D eigenvalue weighted by atomic mass is 9.96. The SMILES string of the molecule is CC=CCC(C)=CC1CC=CC=CCC(C)C=C(C)C(OC)CC(O)CC(OC2OC(OC)C(O)C(OC)C2O)CC(=O)O1. The highest BCUT2D eigenvalue weighted by atomic mass is 16.8. The number of methoxy groups -OCH3 is 3. The minimum atomic E-state index is -1.39. The zero-order chi connectivity index (χ0) is 32.6. The Morgan fingerprint density at radius 2 is 1.68 bits per heavy atom. The zero-order valence-electron chi connectivity index (χ0n) is 27.3. The van der Waals surface area contributed by atoms with Crippen LogP contribution >= 0.6 is 0 Å². The van der Waals surface area contributed by atoms with E-state index in [2.05, 4.69) is 19.1 Å². The minimum absolute atomic E-state index is 0.0334. The number of hydrogen-bond donors (Lipinski definition) is 3. The molecule has 44 heavy (non-hydrogen) atoms. The molecule has 0 aliphatic carbocycles. The van der Waals surface area contributed by atoms with Gasteiger partial charge in [-0.05, 0) is 51.2 Å². The fourth-order valence-electron chi connectivity index (χ4n) is 5.41. The molecule has 10 heteroatoms. The Labute approximate surface area is 263 Å². The molecule has 2 heterocycles. The molecule has 0 amide bonds. The number of rotatable bonds is 8. The van der Waals surface area contributed by atoms with Gasteiger partial charge in [0, 0.05) is 40.6 Å². The second-order valence-corrected chi connectivity index (χ2v) is 11.6. The third-order valence-corrected chi connectivity index (χ3v) is 7.77. The van der Waals surface area contributed by atoms with Crippen LogP contribution in [0.25, 0.3) is 0 Å². The molecular weight excluding hydrogens is 568 g/mol. The van der Waals surface area contributed by atoms with Gasteiger partial charge in [0.1, 0.15) is 24.4 Å². The monoisotopic (exact) mass is 622 g/mol. The Hall–Kier alpha value is -2.15. The summed E-state index contributed by atoms with van der Waals surface area (Å²) in [6, 6.07) is 0. The van der Waals surface area contributed by atoms with E-state index in [-0.39, 0.29) is 31.3 Å². The van der Waals surface area contributed by atoms with Crippen molar-refractivity contribution in [2.24, 2.45) is 5.92 Å². The first kappa shape index (κ1) is 38.0. The molecule has 2 aliphatic heterocycles. The molecule has 0 bridgehead atoms. The molecule has 0 spiro atoms. The van der Waals surface area contributed by atoms with Gasteiger partial charge >= 0.3 is 5.97 Å². The van der Waals surface area contributed by atoms with Gasteiger partial charge in [-0.25, -0.2) is 0 Å². The van der Waals surface area contributed by atoms with E-state index in [1.807, 2.05) is 57.2 Å². The van der Waals surface area contributed by atoms with Crippen LogP contribution in [0.2, 0.25) is 0 Å². The largest absolute Gasteiger partial charge is 0.458 e. The Kier molecular flexibility index (Phi) is 17.4. The molecule has 3 N–H and O–H groups in total. The summed E-state index contributed by atoms with van der Waals surface area (Å²) in [4.78, 5) is 13.3. The van der Waals surface area contributed by atoms with Crippen molar-refractivity contribution >= 4 is 5.97 Å². The Morgan fingerprint density at radius 1 is 1.00 bits per heavy atom. The molecule has 1 fully saturated rings. The summed E-state index contributed by atoms with van der Waals surface area (Å²) >= 11 is 0. The first-order valence-corrected chi connectivity index (χ1v) is 15.4. The lowest BCUT2D eigenvalue weighted by molar-refractivity contribution is -0.356. The molecular formula is C34H54O10. The molecule has 0 aromatic heterocycles. The maximum Gasteiger partial charge on any atom is 0.309 e. The van der Waals surface area contributed by atoms with Gasteiger partial charge in [0.15, 0.2) is 12.6 Å². The van der Waals surface area contributed by atoms with Crippen LogP contribution < -0.4 is 0 Å². The third-order valence-electron chi connectivity index (χ3n) is 7.77.